The number of carbonyl (C=O) groups excluding carboxylic acids is 1. The van der Waals surface area contributed by atoms with Gasteiger partial charge in [0.05, 0.1) is 11.7 Å². The van der Waals surface area contributed by atoms with E-state index in [0.29, 0.717) is 24.9 Å². The van der Waals surface area contributed by atoms with Gasteiger partial charge in [0.1, 0.15) is 5.82 Å². The van der Waals surface area contributed by atoms with Crippen molar-refractivity contribution in [2.75, 3.05) is 19.6 Å². The van der Waals surface area contributed by atoms with E-state index in [1.807, 2.05) is 37.7 Å². The van der Waals surface area contributed by atoms with Crippen LogP contribution in [0.5, 0.6) is 0 Å². The quantitative estimate of drug-likeness (QED) is 0.813. The van der Waals surface area contributed by atoms with Crippen molar-refractivity contribution < 1.29 is 9.18 Å². The number of amides is 1. The number of halogens is 1. The Morgan fingerprint density at radius 3 is 2.59 bits per heavy atom. The molecule has 1 N–H and O–H groups in total. The molecule has 1 aromatic heterocycles. The summed E-state index contributed by atoms with van der Waals surface area (Å²) in [6, 6.07) is 6.77. The largest absolute Gasteiger partial charge is 0.354 e. The summed E-state index contributed by atoms with van der Waals surface area (Å²) in [5.41, 5.74) is 3.88. The highest BCUT2D eigenvalue weighted by Gasteiger charge is 2.26. The van der Waals surface area contributed by atoms with Crippen molar-refractivity contribution in [3.8, 4) is 0 Å². The molecular weight excluding hydrogens is 343 g/mol. The summed E-state index contributed by atoms with van der Waals surface area (Å²) in [5, 5.41) is 7.43. The summed E-state index contributed by atoms with van der Waals surface area (Å²) in [7, 11) is 1.92. The maximum atomic E-state index is 14.3. The summed E-state index contributed by atoms with van der Waals surface area (Å²) >= 11 is 0. The fourth-order valence-electron chi connectivity index (χ4n) is 3.95. The van der Waals surface area contributed by atoms with Crippen LogP contribution in [0.4, 0.5) is 4.39 Å². The number of benzene rings is 1. The minimum absolute atomic E-state index is 0.00168. The number of likely N-dealkylation sites (tertiary alicyclic amines) is 1. The minimum atomic E-state index is -0.203. The Balaban J connectivity index is 1.61. The number of carbonyl (C=O) groups is 1. The minimum Gasteiger partial charge on any atom is -0.354 e. The summed E-state index contributed by atoms with van der Waals surface area (Å²) < 4.78 is 16.2. The number of hydrogen-bond donors (Lipinski definition) is 1. The molecule has 0 radical (unpaired) electrons. The van der Waals surface area contributed by atoms with E-state index in [-0.39, 0.29) is 17.8 Å². The Morgan fingerprint density at radius 2 is 1.96 bits per heavy atom. The number of aryl methyl sites for hydroxylation is 2. The average molecular weight is 372 g/mol. The second-order valence-corrected chi connectivity index (χ2v) is 7.36. The monoisotopic (exact) mass is 372 g/mol. The lowest BCUT2D eigenvalue weighted by atomic mass is 10.0. The van der Waals surface area contributed by atoms with Gasteiger partial charge in [-0.15, -0.1) is 0 Å². The highest BCUT2D eigenvalue weighted by atomic mass is 19.1. The van der Waals surface area contributed by atoms with Crippen molar-refractivity contribution in [2.24, 2.45) is 7.05 Å². The summed E-state index contributed by atoms with van der Waals surface area (Å²) in [6.45, 7) is 6.33. The zero-order valence-corrected chi connectivity index (χ0v) is 16.5. The maximum Gasteiger partial charge on any atom is 0.220 e. The molecule has 2 heterocycles. The van der Waals surface area contributed by atoms with Crippen molar-refractivity contribution in [3.05, 3.63) is 52.6 Å². The second kappa shape index (κ2) is 8.65. The van der Waals surface area contributed by atoms with Gasteiger partial charge in [-0.05, 0) is 57.8 Å². The number of rotatable bonds is 7. The van der Waals surface area contributed by atoms with Gasteiger partial charge in [-0.1, -0.05) is 18.2 Å². The summed E-state index contributed by atoms with van der Waals surface area (Å²) in [6.07, 6.45) is 3.33. The number of nitrogens with zero attached hydrogens (tertiary/aromatic N) is 3. The molecule has 1 unspecified atom stereocenters. The molecule has 0 aliphatic carbocycles. The van der Waals surface area contributed by atoms with Crippen LogP contribution in [0.1, 0.15) is 47.8 Å². The van der Waals surface area contributed by atoms with Gasteiger partial charge >= 0.3 is 0 Å². The topological polar surface area (TPSA) is 50.2 Å². The molecule has 0 saturated carbocycles. The van der Waals surface area contributed by atoms with E-state index >= 15 is 0 Å². The van der Waals surface area contributed by atoms with Crippen LogP contribution < -0.4 is 5.32 Å². The van der Waals surface area contributed by atoms with Crippen LogP contribution in [0, 0.1) is 19.7 Å². The Bertz CT molecular complexity index is 795. The zero-order valence-electron chi connectivity index (χ0n) is 16.5. The molecule has 1 atom stereocenters. The van der Waals surface area contributed by atoms with E-state index in [0.717, 1.165) is 42.9 Å². The zero-order chi connectivity index (χ0) is 19.4. The second-order valence-electron chi connectivity index (χ2n) is 7.36. The molecule has 0 bridgehead atoms. The molecule has 1 aromatic carbocycles. The highest BCUT2D eigenvalue weighted by molar-refractivity contribution is 5.76. The molecule has 27 heavy (non-hydrogen) atoms. The normalized spacial score (nSPS) is 15.9. The van der Waals surface area contributed by atoms with Gasteiger partial charge in [-0.2, -0.15) is 5.10 Å². The molecule has 1 amide bonds. The van der Waals surface area contributed by atoms with E-state index in [1.165, 1.54) is 6.07 Å². The molecule has 0 spiro atoms. The average Bonchev–Trinajstić information content (AvgIpc) is 3.25. The third-order valence-electron chi connectivity index (χ3n) is 5.60. The fourth-order valence-corrected chi connectivity index (χ4v) is 3.95. The fraction of sp³-hybridized carbons (Fsp3) is 0.524. The standard InChI is InChI=1S/C21H29FN4O/c1-15-17(16(2)25(3)24-15)10-11-21(27)23-14-20(26-12-6-7-13-26)18-8-4-5-9-19(18)22/h4-5,8-9,20H,6-7,10-14H2,1-3H3,(H,23,27). The van der Waals surface area contributed by atoms with Crippen LogP contribution in [0.15, 0.2) is 24.3 Å². The van der Waals surface area contributed by atoms with Crippen LogP contribution in [0.3, 0.4) is 0 Å². The van der Waals surface area contributed by atoms with Crippen molar-refractivity contribution in [3.63, 3.8) is 0 Å². The Labute approximate surface area is 160 Å². The first-order valence-electron chi connectivity index (χ1n) is 9.71. The number of aromatic nitrogens is 2. The van der Waals surface area contributed by atoms with Gasteiger partial charge in [0.2, 0.25) is 5.91 Å². The van der Waals surface area contributed by atoms with Gasteiger partial charge in [0, 0.05) is 31.3 Å². The van der Waals surface area contributed by atoms with Crippen LogP contribution in [0.25, 0.3) is 0 Å². The van der Waals surface area contributed by atoms with Crippen LogP contribution >= 0.6 is 0 Å². The number of nitrogens with one attached hydrogen (secondary N) is 1. The third kappa shape index (κ3) is 4.56. The maximum absolute atomic E-state index is 14.3. The molecule has 1 aliphatic rings. The first kappa shape index (κ1) is 19.5. The molecule has 6 heteroatoms. The van der Waals surface area contributed by atoms with Crippen molar-refractivity contribution >= 4 is 5.91 Å². The van der Waals surface area contributed by atoms with Gasteiger partial charge in [0.15, 0.2) is 0 Å². The predicted octanol–water partition coefficient (Wildman–Crippen LogP) is 3.06. The van der Waals surface area contributed by atoms with Crippen LogP contribution in [-0.4, -0.2) is 40.2 Å². The van der Waals surface area contributed by atoms with Crippen molar-refractivity contribution in [1.29, 1.82) is 0 Å². The first-order valence-corrected chi connectivity index (χ1v) is 9.71. The summed E-state index contributed by atoms with van der Waals surface area (Å²) in [4.78, 5) is 14.7. The smallest absolute Gasteiger partial charge is 0.220 e. The van der Waals surface area contributed by atoms with Crippen molar-refractivity contribution in [2.45, 2.75) is 45.6 Å². The van der Waals surface area contributed by atoms with Crippen LogP contribution in [-0.2, 0) is 18.3 Å². The molecule has 146 valence electrons. The predicted molar refractivity (Wildman–Crippen MR) is 104 cm³/mol. The van der Waals surface area contributed by atoms with Gasteiger partial charge in [0.25, 0.3) is 0 Å². The Morgan fingerprint density at radius 1 is 1.26 bits per heavy atom. The summed E-state index contributed by atoms with van der Waals surface area (Å²) in [5.74, 6) is -0.205. The lowest BCUT2D eigenvalue weighted by Gasteiger charge is -2.28. The lowest BCUT2D eigenvalue weighted by Crippen LogP contribution is -2.37. The first-order chi connectivity index (χ1) is 13.0. The van der Waals surface area contributed by atoms with Crippen LogP contribution in [0.2, 0.25) is 0 Å². The Hall–Kier alpha value is -2.21. The number of hydrogen-bond acceptors (Lipinski definition) is 3. The van der Waals surface area contributed by atoms with Gasteiger partial charge in [-0.25, -0.2) is 4.39 Å². The van der Waals surface area contributed by atoms with Crippen molar-refractivity contribution in [1.82, 2.24) is 20.0 Å². The molecular formula is C21H29FN4O. The molecule has 1 fully saturated rings. The van der Waals surface area contributed by atoms with E-state index in [1.54, 1.807) is 6.07 Å². The molecule has 1 saturated heterocycles. The van der Waals surface area contributed by atoms with E-state index < -0.39 is 0 Å². The van der Waals surface area contributed by atoms with E-state index in [9.17, 15) is 9.18 Å². The lowest BCUT2D eigenvalue weighted by molar-refractivity contribution is -0.121. The van der Waals surface area contributed by atoms with E-state index in [2.05, 4.69) is 15.3 Å². The molecule has 1 aliphatic heterocycles. The molecule has 5 nitrogen and oxygen atoms in total. The molecule has 3 rings (SSSR count). The van der Waals surface area contributed by atoms with Gasteiger partial charge in [-0.3, -0.25) is 14.4 Å². The SMILES string of the molecule is Cc1nn(C)c(C)c1CCC(=O)NCC(c1ccccc1F)N1CCCC1. The highest BCUT2D eigenvalue weighted by Crippen LogP contribution is 2.26. The van der Waals surface area contributed by atoms with Gasteiger partial charge < -0.3 is 5.32 Å². The Kier molecular flexibility index (Phi) is 6.26. The van der Waals surface area contributed by atoms with E-state index in [4.69, 9.17) is 0 Å². The molecule has 2 aromatic rings. The third-order valence-corrected chi connectivity index (χ3v) is 5.60.